The van der Waals surface area contributed by atoms with Crippen molar-refractivity contribution in [1.82, 2.24) is 16.0 Å². The van der Waals surface area contributed by atoms with Gasteiger partial charge in [0, 0.05) is 19.6 Å². The zero-order valence-corrected chi connectivity index (χ0v) is 12.2. The summed E-state index contributed by atoms with van der Waals surface area (Å²) in [7, 11) is 0. The van der Waals surface area contributed by atoms with Gasteiger partial charge in [0.1, 0.15) is 0 Å². The zero-order valence-electron chi connectivity index (χ0n) is 10.4. The molecule has 0 aromatic heterocycles. The molecule has 0 spiro atoms. The Kier molecular flexibility index (Phi) is 7.69. The molecule has 0 atom stereocenters. The van der Waals surface area contributed by atoms with Gasteiger partial charge in [-0.15, -0.1) is 0 Å². The Hall–Kier alpha value is -1.02. The van der Waals surface area contributed by atoms with Gasteiger partial charge in [-0.25, -0.2) is 0 Å². The van der Waals surface area contributed by atoms with Crippen molar-refractivity contribution in [2.24, 2.45) is 0 Å². The predicted molar refractivity (Wildman–Crippen MR) is 76.9 cm³/mol. The second-order valence-electron chi connectivity index (χ2n) is 4.14. The topological polar surface area (TPSA) is 90.5 Å². The van der Waals surface area contributed by atoms with Crippen LogP contribution in [0.2, 0.25) is 0 Å². The van der Waals surface area contributed by atoms with Crippen molar-refractivity contribution in [3.05, 3.63) is 0 Å². The van der Waals surface area contributed by atoms with Gasteiger partial charge in [-0.05, 0) is 26.1 Å². The summed E-state index contributed by atoms with van der Waals surface area (Å²) in [6, 6.07) is 0. The summed E-state index contributed by atoms with van der Waals surface area (Å²) in [5.41, 5.74) is 0. The minimum absolute atomic E-state index is 0.00635. The zero-order chi connectivity index (χ0) is 14.2. The van der Waals surface area contributed by atoms with Crippen LogP contribution in [0.25, 0.3) is 0 Å². The molecule has 0 aliphatic carbocycles. The fraction of sp³-hybridized carbons (Fsp3) is 0.700. The maximum atomic E-state index is 11.4. The predicted octanol–water partition coefficient (Wildman–Crippen LogP) is -0.250. The normalized spacial score (nSPS) is 10.6. The number of nitrogens with one attached hydrogen (secondary N) is 3. The van der Waals surface area contributed by atoms with Gasteiger partial charge in [0.05, 0.1) is 11.2 Å². The molecule has 0 aliphatic rings. The van der Waals surface area contributed by atoms with Crippen LogP contribution in [0.15, 0.2) is 0 Å². The molecule has 104 valence electrons. The highest BCUT2D eigenvalue weighted by atomic mass is 32.1. The van der Waals surface area contributed by atoms with Crippen LogP contribution in [-0.2, 0) is 9.59 Å². The van der Waals surface area contributed by atoms with Gasteiger partial charge in [0.2, 0.25) is 5.91 Å². The van der Waals surface area contributed by atoms with E-state index in [-0.39, 0.29) is 18.9 Å². The molecule has 18 heavy (non-hydrogen) atoms. The molecule has 0 unspecified atom stereocenters. The molecule has 0 saturated heterocycles. The number of aliphatic carboxylic acids is 1. The van der Waals surface area contributed by atoms with Crippen LogP contribution in [0, 0.1) is 0 Å². The minimum Gasteiger partial charge on any atom is -0.481 e. The molecule has 0 aromatic rings. The lowest BCUT2D eigenvalue weighted by Crippen LogP contribution is -2.44. The molecule has 0 bridgehead atoms. The smallest absolute Gasteiger partial charge is 0.305 e. The number of carbonyl (C=O) groups excluding carboxylic acids is 1. The second kappa shape index (κ2) is 8.15. The van der Waals surface area contributed by atoms with Gasteiger partial charge >= 0.3 is 5.97 Å². The Labute approximate surface area is 117 Å². The molecule has 6 nitrogen and oxygen atoms in total. The van der Waals surface area contributed by atoms with E-state index in [1.807, 2.05) is 0 Å². The van der Waals surface area contributed by atoms with E-state index in [4.69, 9.17) is 17.3 Å². The van der Waals surface area contributed by atoms with Gasteiger partial charge in [-0.3, -0.25) is 9.59 Å². The molecule has 1 amide bonds. The Morgan fingerprint density at radius 3 is 2.17 bits per heavy atom. The first-order valence-corrected chi connectivity index (χ1v) is 6.33. The van der Waals surface area contributed by atoms with Crippen LogP contribution in [0.4, 0.5) is 0 Å². The van der Waals surface area contributed by atoms with Crippen LogP contribution in [0.3, 0.4) is 0 Å². The van der Waals surface area contributed by atoms with Gasteiger partial charge in [-0.1, -0.05) is 0 Å². The lowest BCUT2D eigenvalue weighted by Gasteiger charge is -2.17. The van der Waals surface area contributed by atoms with Crippen molar-refractivity contribution < 1.29 is 14.7 Å². The lowest BCUT2D eigenvalue weighted by atomic mass is 10.2. The van der Waals surface area contributed by atoms with E-state index in [1.165, 1.54) is 0 Å². The van der Waals surface area contributed by atoms with Gasteiger partial charge in [0.15, 0.2) is 5.11 Å². The first kappa shape index (κ1) is 17.0. The third kappa shape index (κ3) is 9.06. The van der Waals surface area contributed by atoms with Crippen molar-refractivity contribution in [3.8, 4) is 0 Å². The first-order valence-electron chi connectivity index (χ1n) is 5.47. The van der Waals surface area contributed by atoms with Gasteiger partial charge < -0.3 is 21.1 Å². The third-order valence-corrected chi connectivity index (χ3v) is 2.37. The van der Waals surface area contributed by atoms with Crippen LogP contribution in [0.5, 0.6) is 0 Å². The van der Waals surface area contributed by atoms with E-state index in [0.717, 1.165) is 0 Å². The molecule has 0 radical (unpaired) electrons. The Bertz CT molecular complexity index is 316. The average molecular weight is 293 g/mol. The van der Waals surface area contributed by atoms with Crippen molar-refractivity contribution in [3.63, 3.8) is 0 Å². The summed E-state index contributed by atoms with van der Waals surface area (Å²) in [6.07, 6.45) is 0.00635. The van der Waals surface area contributed by atoms with Crippen molar-refractivity contribution in [2.45, 2.75) is 25.0 Å². The van der Waals surface area contributed by atoms with Crippen molar-refractivity contribution in [2.75, 3.05) is 19.6 Å². The molecule has 0 fully saturated rings. The van der Waals surface area contributed by atoms with Gasteiger partial charge in [0.25, 0.3) is 0 Å². The highest BCUT2D eigenvalue weighted by Gasteiger charge is 2.21. The fourth-order valence-electron chi connectivity index (χ4n) is 0.914. The number of rotatable bonds is 7. The summed E-state index contributed by atoms with van der Waals surface area (Å²) in [5, 5.41) is 17.1. The minimum atomic E-state index is -0.881. The molecule has 0 aromatic carbocycles. The van der Waals surface area contributed by atoms with E-state index in [0.29, 0.717) is 18.2 Å². The van der Waals surface area contributed by atoms with E-state index in [1.54, 1.807) is 13.8 Å². The number of hydrogen-bond acceptors (Lipinski definition) is 4. The molecule has 8 heteroatoms. The van der Waals surface area contributed by atoms with E-state index in [2.05, 4.69) is 28.6 Å². The number of carboxylic acid groups (broad SMARTS) is 1. The Morgan fingerprint density at radius 1 is 1.17 bits per heavy atom. The molecular formula is C10H19N3O3S2. The molecule has 0 saturated carbocycles. The van der Waals surface area contributed by atoms with E-state index >= 15 is 0 Å². The summed E-state index contributed by atoms with van der Waals surface area (Å²) in [6.45, 7) is 4.57. The van der Waals surface area contributed by atoms with Crippen LogP contribution in [0.1, 0.15) is 20.3 Å². The van der Waals surface area contributed by atoms with E-state index in [9.17, 15) is 9.59 Å². The maximum absolute atomic E-state index is 11.4. The number of hydrogen-bond donors (Lipinski definition) is 5. The highest BCUT2D eigenvalue weighted by molar-refractivity contribution is 7.82. The number of amides is 1. The first-order chi connectivity index (χ1) is 8.23. The number of carboxylic acids is 1. The number of carbonyl (C=O) groups is 2. The maximum Gasteiger partial charge on any atom is 0.305 e. The largest absolute Gasteiger partial charge is 0.481 e. The van der Waals surface area contributed by atoms with E-state index < -0.39 is 10.7 Å². The Balaban J connectivity index is 3.58. The number of thiol groups is 1. The fourth-order valence-corrected chi connectivity index (χ4v) is 1.20. The van der Waals surface area contributed by atoms with Crippen LogP contribution in [-0.4, -0.2) is 46.5 Å². The molecule has 4 N–H and O–H groups in total. The summed E-state index contributed by atoms with van der Waals surface area (Å²) >= 11 is 9.05. The molecule has 0 heterocycles. The van der Waals surface area contributed by atoms with Crippen molar-refractivity contribution in [1.29, 1.82) is 0 Å². The quantitative estimate of drug-likeness (QED) is 0.253. The van der Waals surface area contributed by atoms with Crippen LogP contribution < -0.4 is 16.0 Å². The SMILES string of the molecule is CC(C)(S)C(=O)NCCNC(=S)NCCC(=O)O. The monoisotopic (exact) mass is 293 g/mol. The molecule has 0 rings (SSSR count). The number of thiocarbonyl (C=S) groups is 1. The second-order valence-corrected chi connectivity index (χ2v) is 5.67. The summed E-state index contributed by atoms with van der Waals surface area (Å²) in [4.78, 5) is 21.7. The Morgan fingerprint density at radius 2 is 1.67 bits per heavy atom. The molecular weight excluding hydrogens is 274 g/mol. The standard InChI is InChI=1S/C10H19N3O3S2/c1-10(2,18)8(16)11-5-6-13-9(17)12-4-3-7(14)15/h18H,3-6H2,1-2H3,(H,11,16)(H,14,15)(H2,12,13,17). The molecule has 0 aliphatic heterocycles. The average Bonchev–Trinajstić information content (AvgIpc) is 2.22. The third-order valence-electron chi connectivity index (χ3n) is 1.88. The van der Waals surface area contributed by atoms with Crippen molar-refractivity contribution >= 4 is 41.8 Å². The highest BCUT2D eigenvalue weighted by Crippen LogP contribution is 2.10. The lowest BCUT2D eigenvalue weighted by molar-refractivity contribution is -0.136. The summed E-state index contributed by atoms with van der Waals surface area (Å²) < 4.78 is -0.708. The van der Waals surface area contributed by atoms with Crippen LogP contribution >= 0.6 is 24.8 Å². The van der Waals surface area contributed by atoms with Gasteiger partial charge in [-0.2, -0.15) is 12.6 Å². The summed E-state index contributed by atoms with van der Waals surface area (Å²) in [5.74, 6) is -1.04.